The second-order valence-corrected chi connectivity index (χ2v) is 16.2. The third kappa shape index (κ3) is 7.04. The van der Waals surface area contributed by atoms with Crippen LogP contribution in [-0.4, -0.2) is 97.6 Å². The highest BCUT2D eigenvalue weighted by Crippen LogP contribution is 2.44. The molecule has 58 heavy (non-hydrogen) atoms. The van der Waals surface area contributed by atoms with Crippen LogP contribution in [0.4, 0.5) is 4.79 Å². The molecule has 0 saturated carbocycles. The number of amides is 3. The van der Waals surface area contributed by atoms with Crippen LogP contribution in [0.25, 0.3) is 44.2 Å². The molecular weight excluding hydrogens is 741 g/mol. The summed E-state index contributed by atoms with van der Waals surface area (Å²) in [5.41, 5.74) is 6.63. The van der Waals surface area contributed by atoms with E-state index in [0.717, 1.165) is 87.0 Å². The van der Waals surface area contributed by atoms with Crippen molar-refractivity contribution in [3.8, 4) is 28.1 Å². The van der Waals surface area contributed by atoms with Gasteiger partial charge in [0.25, 0.3) is 0 Å². The number of nitrogens with one attached hydrogen (secondary N) is 4. The van der Waals surface area contributed by atoms with E-state index in [1.807, 2.05) is 42.8 Å². The van der Waals surface area contributed by atoms with E-state index in [-0.39, 0.29) is 41.9 Å². The predicted molar refractivity (Wildman–Crippen MR) is 217 cm³/mol. The molecule has 0 aliphatic carbocycles. The Hall–Kier alpha value is -5.51. The lowest BCUT2D eigenvalue weighted by molar-refractivity contribution is -0.146. The van der Waals surface area contributed by atoms with Gasteiger partial charge in [-0.05, 0) is 98.7 Å². The molecule has 3 aliphatic heterocycles. The van der Waals surface area contributed by atoms with Gasteiger partial charge in [0.05, 0.1) is 48.2 Å². The maximum Gasteiger partial charge on any atom is 0.407 e. The Balaban J connectivity index is 1.04. The number of carbonyl (C=O) groups excluding carboxylic acids is 3. The third-order valence-corrected chi connectivity index (χ3v) is 12.1. The first-order valence-corrected chi connectivity index (χ1v) is 20.1. The smallest absolute Gasteiger partial charge is 0.407 e. The maximum atomic E-state index is 13.9. The number of alkyl carbamates (subject to hydrolysis) is 1. The molecule has 0 bridgehead atoms. The van der Waals surface area contributed by atoms with Crippen LogP contribution in [0.3, 0.4) is 0 Å². The van der Waals surface area contributed by atoms with Gasteiger partial charge in [0.2, 0.25) is 18.2 Å². The van der Waals surface area contributed by atoms with Crippen molar-refractivity contribution in [1.29, 1.82) is 0 Å². The highest BCUT2D eigenvalue weighted by Gasteiger charge is 2.42. The molecule has 0 radical (unpaired) electrons. The summed E-state index contributed by atoms with van der Waals surface area (Å²) in [6, 6.07) is 12.8. The monoisotopic (exact) mass is 792 g/mol. The van der Waals surface area contributed by atoms with Gasteiger partial charge < -0.3 is 44.4 Å². The number of hydrogen-bond acceptors (Lipinski definition) is 10. The number of fused-ring (bicyclic) bond motifs is 6. The molecule has 306 valence electrons. The van der Waals surface area contributed by atoms with Gasteiger partial charge in [-0.15, -0.1) is 0 Å². The van der Waals surface area contributed by atoms with Gasteiger partial charge in [-0.1, -0.05) is 32.0 Å². The standard InChI is InChI=1S/C43H52N8O7/c1-21(2)36(49-43(55)57-7)41(53)51-23(4)8-14-33(51)38-44-19-32(47-38)26-10-12-28-27(16-26)20-58-35-18-29-25(17-30(28)35)11-13-31-37(29)48-39(46-31)34-15-9-22(3)50(34)40(52)24(5)45-42(54)56-6/h10-13,16-19,21-24,33-34,36,43,49,55H,8-9,14-15,20H2,1-7H3,(H,44,47)(H,45,54)(H,46,48). The molecule has 0 spiro atoms. The average molecular weight is 793 g/mol. The molecule has 15 nitrogen and oxygen atoms in total. The van der Waals surface area contributed by atoms with Crippen molar-refractivity contribution >= 4 is 39.7 Å². The molecule has 8 rings (SSSR count). The molecule has 2 aromatic heterocycles. The molecule has 3 aliphatic rings. The van der Waals surface area contributed by atoms with Crippen molar-refractivity contribution in [2.75, 3.05) is 14.2 Å². The second kappa shape index (κ2) is 15.7. The van der Waals surface area contributed by atoms with Crippen molar-refractivity contribution in [3.63, 3.8) is 0 Å². The van der Waals surface area contributed by atoms with Crippen molar-refractivity contribution < 1.29 is 33.7 Å². The number of likely N-dealkylation sites (tertiary alicyclic amines) is 2. The van der Waals surface area contributed by atoms with E-state index in [0.29, 0.717) is 12.4 Å². The summed E-state index contributed by atoms with van der Waals surface area (Å²) < 4.78 is 16.1. The molecule has 2 saturated heterocycles. The fourth-order valence-electron chi connectivity index (χ4n) is 8.98. The number of carbonyl (C=O) groups is 3. The number of methoxy groups -OCH3 is 2. The van der Waals surface area contributed by atoms with E-state index in [1.165, 1.54) is 14.2 Å². The number of aromatic nitrogens is 4. The molecule has 2 fully saturated rings. The second-order valence-electron chi connectivity index (χ2n) is 16.2. The summed E-state index contributed by atoms with van der Waals surface area (Å²) in [6.45, 7) is 10.0. The minimum Gasteiger partial charge on any atom is -0.488 e. The lowest BCUT2D eigenvalue weighted by atomic mass is 9.92. The van der Waals surface area contributed by atoms with E-state index in [1.54, 1.807) is 6.92 Å². The molecule has 3 aromatic carbocycles. The first kappa shape index (κ1) is 39.3. The Morgan fingerprint density at radius 2 is 1.62 bits per heavy atom. The number of rotatable bonds is 10. The van der Waals surface area contributed by atoms with Gasteiger partial charge in [0, 0.05) is 30.1 Å². The van der Waals surface area contributed by atoms with Gasteiger partial charge >= 0.3 is 6.09 Å². The summed E-state index contributed by atoms with van der Waals surface area (Å²) in [4.78, 5) is 59.8. The summed E-state index contributed by atoms with van der Waals surface area (Å²) in [6.07, 6.45) is 3.13. The number of H-pyrrole nitrogens is 2. The zero-order valence-corrected chi connectivity index (χ0v) is 34.0. The van der Waals surface area contributed by atoms with Gasteiger partial charge in [-0.3, -0.25) is 14.9 Å². The minimum atomic E-state index is -1.24. The summed E-state index contributed by atoms with van der Waals surface area (Å²) in [7, 11) is 2.67. The van der Waals surface area contributed by atoms with Gasteiger partial charge in [-0.25, -0.2) is 14.8 Å². The van der Waals surface area contributed by atoms with Crippen LogP contribution >= 0.6 is 0 Å². The van der Waals surface area contributed by atoms with E-state index in [9.17, 15) is 19.5 Å². The Morgan fingerprint density at radius 3 is 2.33 bits per heavy atom. The predicted octanol–water partition coefficient (Wildman–Crippen LogP) is 6.05. The van der Waals surface area contributed by atoms with Gasteiger partial charge in [0.1, 0.15) is 30.0 Å². The van der Waals surface area contributed by atoms with Crippen LogP contribution in [0, 0.1) is 5.92 Å². The SMILES string of the molecule is COC(=O)NC(C)C(=O)N1C(C)CCC1c1nc2c(ccc3cc4c(cc32)OCc2cc(-c3cnc(C5CCC(C)N5C(=O)C(NC(O)OC)C(C)C)[nH]3)ccc2-4)[nH]1. The Labute approximate surface area is 336 Å². The lowest BCUT2D eigenvalue weighted by Gasteiger charge is -2.34. The average Bonchev–Trinajstić information content (AvgIpc) is 4.04. The quantitative estimate of drug-likeness (QED) is 0.104. The number of hydrogen-bond donors (Lipinski definition) is 5. The molecule has 5 N–H and O–H groups in total. The summed E-state index contributed by atoms with van der Waals surface area (Å²) >= 11 is 0. The van der Waals surface area contributed by atoms with Gasteiger partial charge in [-0.2, -0.15) is 0 Å². The fraction of sp³-hybridized carbons (Fsp3) is 0.465. The van der Waals surface area contributed by atoms with E-state index in [4.69, 9.17) is 24.2 Å². The summed E-state index contributed by atoms with van der Waals surface area (Å²) in [5.74, 6) is 1.88. The third-order valence-electron chi connectivity index (χ3n) is 12.1. The topological polar surface area (TPSA) is 187 Å². The van der Waals surface area contributed by atoms with Gasteiger partial charge in [0.15, 0.2) is 0 Å². The number of benzene rings is 3. The number of ether oxygens (including phenoxy) is 3. The van der Waals surface area contributed by atoms with Crippen LogP contribution in [-0.2, 0) is 25.7 Å². The zero-order chi connectivity index (χ0) is 41.0. The number of aromatic amines is 2. The molecule has 5 heterocycles. The minimum absolute atomic E-state index is 0.0128. The molecule has 5 aromatic rings. The summed E-state index contributed by atoms with van der Waals surface area (Å²) in [5, 5.41) is 17.6. The first-order chi connectivity index (χ1) is 27.9. The van der Waals surface area contributed by atoms with Crippen molar-refractivity contribution in [3.05, 3.63) is 65.9 Å². The fourth-order valence-corrected chi connectivity index (χ4v) is 8.98. The van der Waals surface area contributed by atoms with E-state index >= 15 is 0 Å². The normalized spacial score (nSPS) is 21.8. The van der Waals surface area contributed by atoms with Crippen LogP contribution < -0.4 is 15.4 Å². The first-order valence-electron chi connectivity index (χ1n) is 20.1. The van der Waals surface area contributed by atoms with Crippen molar-refractivity contribution in [2.24, 2.45) is 5.92 Å². The highest BCUT2D eigenvalue weighted by atomic mass is 16.6. The lowest BCUT2D eigenvalue weighted by Crippen LogP contribution is -2.54. The number of nitrogens with zero attached hydrogens (tertiary/aromatic N) is 4. The molecule has 7 unspecified atom stereocenters. The Morgan fingerprint density at radius 1 is 0.897 bits per heavy atom. The number of imidazole rings is 2. The highest BCUT2D eigenvalue weighted by molar-refractivity contribution is 6.07. The van der Waals surface area contributed by atoms with Crippen LogP contribution in [0.5, 0.6) is 5.75 Å². The Kier molecular flexibility index (Phi) is 10.6. The van der Waals surface area contributed by atoms with E-state index < -0.39 is 24.6 Å². The van der Waals surface area contributed by atoms with Crippen LogP contribution in [0.1, 0.15) is 89.6 Å². The number of aliphatic hydroxyl groups is 1. The molecule has 7 atom stereocenters. The zero-order valence-electron chi connectivity index (χ0n) is 34.0. The van der Waals surface area contributed by atoms with Crippen LogP contribution in [0.2, 0.25) is 0 Å². The molecular formula is C43H52N8O7. The largest absolute Gasteiger partial charge is 0.488 e. The van der Waals surface area contributed by atoms with Crippen LogP contribution in [0.15, 0.2) is 48.7 Å². The maximum absolute atomic E-state index is 13.9. The molecule has 3 amide bonds. The number of aliphatic hydroxyl groups excluding tert-OH is 1. The Bertz CT molecular complexity index is 2370. The van der Waals surface area contributed by atoms with E-state index in [2.05, 4.69) is 63.9 Å². The van der Waals surface area contributed by atoms with Crippen molar-refractivity contribution in [1.82, 2.24) is 40.4 Å². The molecule has 15 heteroatoms. The van der Waals surface area contributed by atoms with Crippen molar-refractivity contribution in [2.45, 2.75) is 110 Å².